The van der Waals surface area contributed by atoms with Gasteiger partial charge in [0.2, 0.25) is 5.91 Å². The quantitative estimate of drug-likeness (QED) is 0.700. The molecular formula is C13H25NO. The predicted octanol–water partition coefficient (Wildman–Crippen LogP) is 3.07. The number of carbonyl (C=O) groups excluding carboxylic acids is 1. The zero-order chi connectivity index (χ0) is 11.4. The zero-order valence-electron chi connectivity index (χ0n) is 10.6. The average molecular weight is 211 g/mol. The molecule has 1 aliphatic rings. The molecule has 0 spiro atoms. The van der Waals surface area contributed by atoms with E-state index in [4.69, 9.17) is 0 Å². The zero-order valence-corrected chi connectivity index (χ0v) is 10.6. The van der Waals surface area contributed by atoms with Gasteiger partial charge >= 0.3 is 0 Å². The van der Waals surface area contributed by atoms with Crippen LogP contribution in [-0.4, -0.2) is 23.4 Å². The molecule has 0 saturated heterocycles. The molecule has 0 N–H and O–H groups in total. The van der Waals surface area contributed by atoms with Crippen LogP contribution in [0.2, 0.25) is 0 Å². The maximum atomic E-state index is 12.1. The Labute approximate surface area is 94.0 Å². The summed E-state index contributed by atoms with van der Waals surface area (Å²) in [5.41, 5.74) is 0. The van der Waals surface area contributed by atoms with Crippen molar-refractivity contribution in [1.82, 2.24) is 4.90 Å². The first kappa shape index (κ1) is 12.5. The molecule has 0 aromatic carbocycles. The molecule has 2 nitrogen and oxygen atoms in total. The lowest BCUT2D eigenvalue weighted by Crippen LogP contribution is -2.43. The molecule has 1 fully saturated rings. The van der Waals surface area contributed by atoms with Gasteiger partial charge in [0.25, 0.3) is 0 Å². The smallest absolute Gasteiger partial charge is 0.225 e. The molecule has 1 aliphatic carbocycles. The Balaban J connectivity index is 2.63. The molecule has 0 heterocycles. The van der Waals surface area contributed by atoms with E-state index in [1.54, 1.807) is 0 Å². The summed E-state index contributed by atoms with van der Waals surface area (Å²) < 4.78 is 0. The van der Waals surface area contributed by atoms with E-state index in [1.807, 2.05) is 13.8 Å². The molecule has 15 heavy (non-hydrogen) atoms. The fourth-order valence-corrected chi connectivity index (χ4v) is 2.36. The third-order valence-corrected chi connectivity index (χ3v) is 3.10. The van der Waals surface area contributed by atoms with Gasteiger partial charge in [-0.25, -0.2) is 0 Å². The molecule has 0 aromatic rings. The summed E-state index contributed by atoms with van der Waals surface area (Å²) in [6.45, 7) is 9.32. The van der Waals surface area contributed by atoms with Crippen LogP contribution in [-0.2, 0) is 4.79 Å². The first-order chi connectivity index (χ1) is 7.02. The van der Waals surface area contributed by atoms with E-state index in [0.29, 0.717) is 17.9 Å². The van der Waals surface area contributed by atoms with Crippen LogP contribution < -0.4 is 0 Å². The van der Waals surface area contributed by atoms with Gasteiger partial charge in [-0.05, 0) is 18.8 Å². The fraction of sp³-hybridized carbons (Fsp3) is 0.923. The van der Waals surface area contributed by atoms with Gasteiger partial charge in [0, 0.05) is 18.5 Å². The Hall–Kier alpha value is -0.530. The number of nitrogens with zero attached hydrogens (tertiary/aromatic N) is 1. The molecule has 88 valence electrons. The maximum absolute atomic E-state index is 12.1. The van der Waals surface area contributed by atoms with Gasteiger partial charge in [0.1, 0.15) is 0 Å². The largest absolute Gasteiger partial charge is 0.339 e. The van der Waals surface area contributed by atoms with Gasteiger partial charge in [-0.3, -0.25) is 4.79 Å². The highest BCUT2D eigenvalue weighted by Gasteiger charge is 2.28. The van der Waals surface area contributed by atoms with Crippen molar-refractivity contribution in [2.24, 2.45) is 11.8 Å². The first-order valence-corrected chi connectivity index (χ1v) is 6.32. The van der Waals surface area contributed by atoms with Gasteiger partial charge in [-0.15, -0.1) is 0 Å². The standard InChI is InChI=1S/C13H25NO/c1-10(2)9-14(13(15)11(3)4)12-7-5-6-8-12/h10-12H,5-9H2,1-4H3. The van der Waals surface area contributed by atoms with Gasteiger partial charge in [-0.1, -0.05) is 40.5 Å². The normalized spacial score (nSPS) is 17.7. The van der Waals surface area contributed by atoms with Gasteiger partial charge < -0.3 is 4.90 Å². The van der Waals surface area contributed by atoms with Crippen LogP contribution in [0, 0.1) is 11.8 Å². The first-order valence-electron chi connectivity index (χ1n) is 6.32. The second kappa shape index (κ2) is 5.53. The Morgan fingerprint density at radius 3 is 2.13 bits per heavy atom. The van der Waals surface area contributed by atoms with Crippen molar-refractivity contribution >= 4 is 5.91 Å². The number of hydrogen-bond acceptors (Lipinski definition) is 1. The minimum atomic E-state index is 0.143. The van der Waals surface area contributed by atoms with E-state index >= 15 is 0 Å². The Morgan fingerprint density at radius 2 is 1.73 bits per heavy atom. The van der Waals surface area contributed by atoms with Crippen LogP contribution in [0.5, 0.6) is 0 Å². The van der Waals surface area contributed by atoms with Crippen LogP contribution in [0.4, 0.5) is 0 Å². The Bertz CT molecular complexity index is 205. The molecule has 2 heteroatoms. The van der Waals surface area contributed by atoms with E-state index in [0.717, 1.165) is 6.54 Å². The predicted molar refractivity (Wildman–Crippen MR) is 63.6 cm³/mol. The van der Waals surface area contributed by atoms with Crippen molar-refractivity contribution in [2.75, 3.05) is 6.54 Å². The number of hydrogen-bond donors (Lipinski definition) is 0. The SMILES string of the molecule is CC(C)CN(C(=O)C(C)C)C1CCCC1. The molecular weight excluding hydrogens is 186 g/mol. The van der Waals surface area contributed by atoms with Crippen molar-refractivity contribution in [1.29, 1.82) is 0 Å². The highest BCUT2D eigenvalue weighted by molar-refractivity contribution is 5.78. The Morgan fingerprint density at radius 1 is 1.20 bits per heavy atom. The van der Waals surface area contributed by atoms with Gasteiger partial charge in [0.05, 0.1) is 0 Å². The van der Waals surface area contributed by atoms with E-state index in [-0.39, 0.29) is 5.92 Å². The van der Waals surface area contributed by atoms with Crippen LogP contribution in [0.15, 0.2) is 0 Å². The minimum Gasteiger partial charge on any atom is -0.339 e. The molecule has 0 bridgehead atoms. The molecule has 1 rings (SSSR count). The second-order valence-corrected chi connectivity index (χ2v) is 5.48. The maximum Gasteiger partial charge on any atom is 0.225 e. The summed E-state index contributed by atoms with van der Waals surface area (Å²) in [7, 11) is 0. The lowest BCUT2D eigenvalue weighted by Gasteiger charge is -2.32. The molecule has 1 amide bonds. The highest BCUT2D eigenvalue weighted by Crippen LogP contribution is 2.25. The molecule has 0 aromatic heterocycles. The van der Waals surface area contributed by atoms with Crippen LogP contribution >= 0.6 is 0 Å². The minimum absolute atomic E-state index is 0.143. The van der Waals surface area contributed by atoms with Crippen molar-refractivity contribution < 1.29 is 4.79 Å². The van der Waals surface area contributed by atoms with Crippen molar-refractivity contribution in [3.05, 3.63) is 0 Å². The van der Waals surface area contributed by atoms with Crippen LogP contribution in [0.25, 0.3) is 0 Å². The van der Waals surface area contributed by atoms with E-state index in [1.165, 1.54) is 25.7 Å². The molecule has 1 saturated carbocycles. The van der Waals surface area contributed by atoms with E-state index in [2.05, 4.69) is 18.7 Å². The second-order valence-electron chi connectivity index (χ2n) is 5.48. The fourth-order valence-electron chi connectivity index (χ4n) is 2.36. The van der Waals surface area contributed by atoms with Gasteiger partial charge in [0.15, 0.2) is 0 Å². The van der Waals surface area contributed by atoms with Crippen molar-refractivity contribution in [3.63, 3.8) is 0 Å². The highest BCUT2D eigenvalue weighted by atomic mass is 16.2. The monoisotopic (exact) mass is 211 g/mol. The number of rotatable bonds is 4. The lowest BCUT2D eigenvalue weighted by atomic mass is 10.1. The average Bonchev–Trinajstić information content (AvgIpc) is 2.65. The van der Waals surface area contributed by atoms with E-state index in [9.17, 15) is 4.79 Å². The summed E-state index contributed by atoms with van der Waals surface area (Å²) in [6.07, 6.45) is 5.02. The van der Waals surface area contributed by atoms with Crippen LogP contribution in [0.1, 0.15) is 53.4 Å². The molecule has 0 radical (unpaired) electrons. The summed E-state index contributed by atoms with van der Waals surface area (Å²) >= 11 is 0. The van der Waals surface area contributed by atoms with E-state index < -0.39 is 0 Å². The summed E-state index contributed by atoms with van der Waals surface area (Å²) in [5.74, 6) is 1.06. The topological polar surface area (TPSA) is 20.3 Å². The van der Waals surface area contributed by atoms with Gasteiger partial charge in [-0.2, -0.15) is 0 Å². The summed E-state index contributed by atoms with van der Waals surface area (Å²) in [4.78, 5) is 14.2. The number of amides is 1. The summed E-state index contributed by atoms with van der Waals surface area (Å²) in [6, 6.07) is 0.530. The summed E-state index contributed by atoms with van der Waals surface area (Å²) in [5, 5.41) is 0. The third kappa shape index (κ3) is 3.51. The lowest BCUT2D eigenvalue weighted by molar-refractivity contribution is -0.137. The third-order valence-electron chi connectivity index (χ3n) is 3.10. The Kier molecular flexibility index (Phi) is 4.62. The van der Waals surface area contributed by atoms with Crippen molar-refractivity contribution in [2.45, 2.75) is 59.4 Å². The molecule has 0 aliphatic heterocycles. The van der Waals surface area contributed by atoms with Crippen LogP contribution in [0.3, 0.4) is 0 Å². The van der Waals surface area contributed by atoms with Crippen molar-refractivity contribution in [3.8, 4) is 0 Å². The molecule has 0 unspecified atom stereocenters. The number of carbonyl (C=O) groups is 1. The molecule has 0 atom stereocenters.